The average molecular weight is 286 g/mol. The van der Waals surface area contributed by atoms with Gasteiger partial charge in [-0.25, -0.2) is 0 Å². The molecule has 1 N–H and O–H groups in total. The second-order valence-electron chi connectivity index (χ2n) is 7.21. The molecule has 3 rings (SSSR count). The van der Waals surface area contributed by atoms with Crippen molar-refractivity contribution in [1.82, 2.24) is 10.2 Å². The average Bonchev–Trinajstić information content (AvgIpc) is 3.16. The van der Waals surface area contributed by atoms with Gasteiger partial charge in [0.15, 0.2) is 0 Å². The van der Waals surface area contributed by atoms with Gasteiger partial charge in [-0.15, -0.1) is 0 Å². The molecule has 21 heavy (non-hydrogen) atoms. The van der Waals surface area contributed by atoms with Crippen molar-refractivity contribution in [2.24, 2.45) is 5.92 Å². The molecule has 1 aromatic carbocycles. The van der Waals surface area contributed by atoms with Crippen molar-refractivity contribution in [1.29, 1.82) is 0 Å². The van der Waals surface area contributed by atoms with Crippen LogP contribution < -0.4 is 5.32 Å². The van der Waals surface area contributed by atoms with Crippen LogP contribution >= 0.6 is 0 Å². The van der Waals surface area contributed by atoms with Gasteiger partial charge in [-0.05, 0) is 56.7 Å². The SMILES string of the molecule is CC(C)CC(c1ccccc1)N1CCCC1C1CCCN1. The lowest BCUT2D eigenvalue weighted by atomic mass is 9.93. The Kier molecular flexibility index (Phi) is 4.97. The van der Waals surface area contributed by atoms with Crippen LogP contribution in [-0.4, -0.2) is 30.1 Å². The van der Waals surface area contributed by atoms with E-state index in [1.54, 1.807) is 0 Å². The Morgan fingerprint density at radius 2 is 1.95 bits per heavy atom. The minimum Gasteiger partial charge on any atom is -0.312 e. The smallest absolute Gasteiger partial charge is 0.0354 e. The Labute approximate surface area is 129 Å². The first-order valence-corrected chi connectivity index (χ1v) is 8.80. The van der Waals surface area contributed by atoms with Crippen molar-refractivity contribution in [2.45, 2.75) is 64.1 Å². The summed E-state index contributed by atoms with van der Waals surface area (Å²) in [6.07, 6.45) is 6.73. The van der Waals surface area contributed by atoms with E-state index in [9.17, 15) is 0 Å². The van der Waals surface area contributed by atoms with Gasteiger partial charge in [0.1, 0.15) is 0 Å². The van der Waals surface area contributed by atoms with Crippen LogP contribution in [0, 0.1) is 5.92 Å². The van der Waals surface area contributed by atoms with E-state index >= 15 is 0 Å². The zero-order valence-electron chi connectivity index (χ0n) is 13.6. The fourth-order valence-corrected chi connectivity index (χ4v) is 4.26. The molecular formula is C19H30N2. The fraction of sp³-hybridized carbons (Fsp3) is 0.684. The summed E-state index contributed by atoms with van der Waals surface area (Å²) in [6.45, 7) is 7.20. The van der Waals surface area contributed by atoms with Crippen molar-refractivity contribution >= 4 is 0 Å². The minimum absolute atomic E-state index is 0.598. The number of hydrogen-bond acceptors (Lipinski definition) is 2. The number of hydrogen-bond donors (Lipinski definition) is 1. The summed E-state index contributed by atoms with van der Waals surface area (Å²) in [6, 6.07) is 13.2. The zero-order valence-corrected chi connectivity index (χ0v) is 13.6. The zero-order chi connectivity index (χ0) is 14.7. The van der Waals surface area contributed by atoms with Crippen molar-refractivity contribution < 1.29 is 0 Å². The molecule has 2 saturated heterocycles. The molecule has 0 saturated carbocycles. The molecule has 0 amide bonds. The Morgan fingerprint density at radius 3 is 2.62 bits per heavy atom. The highest BCUT2D eigenvalue weighted by Gasteiger charge is 2.37. The van der Waals surface area contributed by atoms with Crippen LogP contribution in [0.4, 0.5) is 0 Å². The first kappa shape index (κ1) is 15.1. The summed E-state index contributed by atoms with van der Waals surface area (Å²) >= 11 is 0. The normalized spacial score (nSPS) is 28.3. The third kappa shape index (κ3) is 3.49. The molecule has 0 bridgehead atoms. The second kappa shape index (κ2) is 6.93. The Hall–Kier alpha value is -0.860. The largest absolute Gasteiger partial charge is 0.312 e. The van der Waals surface area contributed by atoms with Gasteiger partial charge >= 0.3 is 0 Å². The van der Waals surface area contributed by atoms with Crippen LogP contribution in [0.25, 0.3) is 0 Å². The maximum absolute atomic E-state index is 3.75. The monoisotopic (exact) mass is 286 g/mol. The topological polar surface area (TPSA) is 15.3 Å². The molecule has 116 valence electrons. The van der Waals surface area contributed by atoms with Crippen molar-refractivity contribution in [3.8, 4) is 0 Å². The van der Waals surface area contributed by atoms with Gasteiger partial charge in [0.2, 0.25) is 0 Å². The molecule has 2 aliphatic heterocycles. The third-order valence-electron chi connectivity index (χ3n) is 5.18. The van der Waals surface area contributed by atoms with E-state index < -0.39 is 0 Å². The number of rotatable bonds is 5. The molecule has 2 heteroatoms. The van der Waals surface area contributed by atoms with Gasteiger partial charge < -0.3 is 5.32 Å². The molecule has 0 aromatic heterocycles. The first-order chi connectivity index (χ1) is 10.3. The molecule has 1 aromatic rings. The van der Waals surface area contributed by atoms with E-state index in [0.717, 1.165) is 18.0 Å². The van der Waals surface area contributed by atoms with E-state index in [-0.39, 0.29) is 0 Å². The van der Waals surface area contributed by atoms with Crippen LogP contribution in [-0.2, 0) is 0 Å². The molecule has 0 aliphatic carbocycles. The van der Waals surface area contributed by atoms with E-state index in [2.05, 4.69) is 54.4 Å². The van der Waals surface area contributed by atoms with Crippen LogP contribution in [0.1, 0.15) is 57.6 Å². The second-order valence-corrected chi connectivity index (χ2v) is 7.21. The van der Waals surface area contributed by atoms with Gasteiger partial charge in [0.05, 0.1) is 0 Å². The first-order valence-electron chi connectivity index (χ1n) is 8.80. The molecule has 2 nitrogen and oxygen atoms in total. The number of benzene rings is 1. The Balaban J connectivity index is 1.81. The van der Waals surface area contributed by atoms with Crippen LogP contribution in [0.3, 0.4) is 0 Å². The highest BCUT2D eigenvalue weighted by molar-refractivity contribution is 5.20. The Morgan fingerprint density at radius 1 is 1.14 bits per heavy atom. The molecule has 2 aliphatic rings. The molecule has 3 unspecified atom stereocenters. The highest BCUT2D eigenvalue weighted by Crippen LogP contribution is 2.36. The summed E-state index contributed by atoms with van der Waals surface area (Å²) in [5, 5.41) is 3.75. The lowest BCUT2D eigenvalue weighted by Crippen LogP contribution is -2.45. The van der Waals surface area contributed by atoms with Crippen LogP contribution in [0.2, 0.25) is 0 Å². The third-order valence-corrected chi connectivity index (χ3v) is 5.18. The van der Waals surface area contributed by atoms with Crippen molar-refractivity contribution in [3.63, 3.8) is 0 Å². The van der Waals surface area contributed by atoms with E-state index in [1.807, 2.05) is 0 Å². The summed E-state index contributed by atoms with van der Waals surface area (Å²) in [4.78, 5) is 2.82. The fourth-order valence-electron chi connectivity index (χ4n) is 4.26. The molecule has 3 atom stereocenters. The number of nitrogens with zero attached hydrogens (tertiary/aromatic N) is 1. The van der Waals surface area contributed by atoms with Gasteiger partial charge in [0.25, 0.3) is 0 Å². The van der Waals surface area contributed by atoms with Gasteiger partial charge in [-0.3, -0.25) is 4.90 Å². The minimum atomic E-state index is 0.598. The summed E-state index contributed by atoms with van der Waals surface area (Å²) < 4.78 is 0. The van der Waals surface area contributed by atoms with E-state index in [4.69, 9.17) is 0 Å². The highest BCUT2D eigenvalue weighted by atomic mass is 15.2. The number of nitrogens with one attached hydrogen (secondary N) is 1. The lowest BCUT2D eigenvalue weighted by Gasteiger charge is -2.37. The van der Waals surface area contributed by atoms with Crippen LogP contribution in [0.15, 0.2) is 30.3 Å². The van der Waals surface area contributed by atoms with Gasteiger partial charge in [-0.2, -0.15) is 0 Å². The van der Waals surface area contributed by atoms with Gasteiger partial charge in [-0.1, -0.05) is 44.2 Å². The Bertz CT molecular complexity index is 422. The molecule has 0 radical (unpaired) electrons. The molecular weight excluding hydrogens is 256 g/mol. The van der Waals surface area contributed by atoms with Crippen LogP contribution in [0.5, 0.6) is 0 Å². The predicted octanol–water partition coefficient (Wildman–Crippen LogP) is 3.99. The maximum atomic E-state index is 3.75. The summed E-state index contributed by atoms with van der Waals surface area (Å²) in [7, 11) is 0. The van der Waals surface area contributed by atoms with E-state index in [1.165, 1.54) is 50.8 Å². The summed E-state index contributed by atoms with van der Waals surface area (Å²) in [5.41, 5.74) is 1.51. The summed E-state index contributed by atoms with van der Waals surface area (Å²) in [5.74, 6) is 0.744. The van der Waals surface area contributed by atoms with Gasteiger partial charge in [0, 0.05) is 18.1 Å². The molecule has 2 fully saturated rings. The molecule has 2 heterocycles. The quantitative estimate of drug-likeness (QED) is 0.880. The predicted molar refractivity (Wildman–Crippen MR) is 89.4 cm³/mol. The lowest BCUT2D eigenvalue weighted by molar-refractivity contribution is 0.135. The maximum Gasteiger partial charge on any atom is 0.0354 e. The number of likely N-dealkylation sites (tertiary alicyclic amines) is 1. The van der Waals surface area contributed by atoms with Crippen molar-refractivity contribution in [3.05, 3.63) is 35.9 Å². The van der Waals surface area contributed by atoms with Crippen molar-refractivity contribution in [2.75, 3.05) is 13.1 Å². The molecule has 0 spiro atoms. The van der Waals surface area contributed by atoms with E-state index in [0.29, 0.717) is 6.04 Å². The standard InChI is InChI=1S/C19H30N2/c1-15(2)14-19(16-8-4-3-5-9-16)21-13-7-11-18(21)17-10-6-12-20-17/h3-5,8-9,15,17-20H,6-7,10-14H2,1-2H3.